The topological polar surface area (TPSA) is 300 Å². The van der Waals surface area contributed by atoms with Gasteiger partial charge in [-0.05, 0) is 127 Å². The highest BCUT2D eigenvalue weighted by atomic mass is 16.8. The lowest BCUT2D eigenvalue weighted by atomic mass is 9.33. The molecule has 2 unspecified atom stereocenters. The number of fused-ring (bicyclic) bond motifs is 7. The highest BCUT2D eigenvalue weighted by Gasteiger charge is 2.71. The van der Waals surface area contributed by atoms with Crippen molar-refractivity contribution in [3.63, 3.8) is 0 Å². The van der Waals surface area contributed by atoms with E-state index in [1.165, 1.54) is 5.57 Å². The molecule has 2 aliphatic heterocycles. The highest BCUT2D eigenvalue weighted by molar-refractivity contribution is 5.95. The monoisotopic (exact) mass is 1250 g/mol. The van der Waals surface area contributed by atoms with Gasteiger partial charge in [0.1, 0.15) is 0 Å². The van der Waals surface area contributed by atoms with Crippen LogP contribution in [0, 0.1) is 62.6 Å². The van der Waals surface area contributed by atoms with Crippen LogP contribution in [0.3, 0.4) is 0 Å². The van der Waals surface area contributed by atoms with E-state index >= 15 is 4.79 Å². The number of hydrogen-bond donors (Lipinski definition) is 3. The molecule has 88 heavy (non-hydrogen) atoms. The third-order valence-electron chi connectivity index (χ3n) is 20.3. The SMILES string of the molecule is CC(=O)O[C@@H]1[C@@H](OC(C)=O)[C@H](O[C@H]2[C@H](O[C@H]3CC[C@]4(C)[C@H]5C(=O)C=C6[C@@H]7C[C@@](C)(NOC(=O)CC(C)C)CC[C@]7(C)CC[C@@]6(C)[C@]5(C)CC[C@H]4C3(C)C)OC(NOC(=O)CC(C)C)[C@@H](OC(C)=O)[C@@H]2OC(C)=O)OC(NOC(=O)CC(C)C)[C@H]1OC(C)=O. The quantitative estimate of drug-likeness (QED) is 0.0427. The van der Waals surface area contributed by atoms with Gasteiger partial charge in [-0.25, -0.2) is 0 Å². The number of carbonyl (C=O) groups is 9. The minimum atomic E-state index is -1.94. The van der Waals surface area contributed by atoms with Gasteiger partial charge in [0.2, 0.25) is 6.29 Å². The van der Waals surface area contributed by atoms with Crippen LogP contribution in [-0.4, -0.2) is 127 Å². The summed E-state index contributed by atoms with van der Waals surface area (Å²) in [5, 5.41) is 0. The summed E-state index contributed by atoms with van der Waals surface area (Å²) in [7, 11) is 0. The lowest BCUT2D eigenvalue weighted by molar-refractivity contribution is -0.387. The van der Waals surface area contributed by atoms with Crippen molar-refractivity contribution in [2.45, 2.75) is 275 Å². The maximum absolute atomic E-state index is 15.5. The fourth-order valence-electron chi connectivity index (χ4n) is 16.1. The van der Waals surface area contributed by atoms with E-state index in [1.807, 2.05) is 33.8 Å². The van der Waals surface area contributed by atoms with Crippen LogP contribution in [0.4, 0.5) is 0 Å². The van der Waals surface area contributed by atoms with Crippen LogP contribution in [0.15, 0.2) is 11.6 Å². The van der Waals surface area contributed by atoms with Gasteiger partial charge in [0.15, 0.2) is 61.2 Å². The second-order valence-corrected chi connectivity index (χ2v) is 29.1. The fourth-order valence-corrected chi connectivity index (χ4v) is 16.1. The van der Waals surface area contributed by atoms with Crippen LogP contribution >= 0.6 is 0 Å². The number of ketones is 1. The average Bonchev–Trinajstić information content (AvgIpc) is 0.676. The molecule has 0 radical (unpaired) electrons. The maximum Gasteiger partial charge on any atom is 0.325 e. The Labute approximate surface area is 517 Å². The van der Waals surface area contributed by atoms with E-state index < -0.39 is 131 Å². The molecule has 2 heterocycles. The summed E-state index contributed by atoms with van der Waals surface area (Å²) < 4.78 is 56.2. The number of ether oxygens (including phenoxy) is 9. The summed E-state index contributed by atoms with van der Waals surface area (Å²) in [6, 6.07) is 0. The molecule has 7 aliphatic rings. The van der Waals surface area contributed by atoms with E-state index in [4.69, 9.17) is 57.1 Å². The third kappa shape index (κ3) is 15.1. The Hall–Kier alpha value is -5.11. The number of hydrogen-bond acceptors (Lipinski definition) is 24. The Morgan fingerprint density at radius 2 is 0.977 bits per heavy atom. The average molecular weight is 1250 g/mol. The highest BCUT2D eigenvalue weighted by Crippen LogP contribution is 2.75. The molecular weight excluding hydrogens is 1150 g/mol. The van der Waals surface area contributed by atoms with Crippen LogP contribution in [-0.2, 0) is 100 Å². The van der Waals surface area contributed by atoms with Gasteiger partial charge < -0.3 is 57.1 Å². The van der Waals surface area contributed by atoms with Crippen molar-refractivity contribution in [3.8, 4) is 0 Å². The van der Waals surface area contributed by atoms with Gasteiger partial charge in [0.05, 0.1) is 11.6 Å². The van der Waals surface area contributed by atoms with Gasteiger partial charge in [-0.3, -0.25) is 43.2 Å². The van der Waals surface area contributed by atoms with Gasteiger partial charge in [0, 0.05) is 59.8 Å². The molecule has 6 fully saturated rings. The molecule has 496 valence electrons. The van der Waals surface area contributed by atoms with E-state index in [0.717, 1.165) is 60.3 Å². The summed E-state index contributed by atoms with van der Waals surface area (Å²) in [6.45, 7) is 32.0. The number of hydroxylamine groups is 3. The van der Waals surface area contributed by atoms with E-state index in [2.05, 4.69) is 64.9 Å². The van der Waals surface area contributed by atoms with E-state index in [-0.39, 0.29) is 70.9 Å². The molecular formula is C64H99N3O21. The molecule has 0 bridgehead atoms. The standard InChI is InChI=1S/C64H99N3O21/c1-32(2)27-45(74)86-65-55-51(80-38(10)71)49(78-36(8)69)53(83-58-52(81-39(11)72)48(77-35(7)68)50(79-37(9)70)56(85-58)66-87-46(75)28-33(3)4)57(84-55)82-44-20-21-62(16)43(59(44,12)13)19-22-64(18)54(62)42(73)30-40-41-31-61(15,67-88-47(76)29-34(5)6)25-23-60(41,14)24-26-63(40,64)17/h30,32-34,41,43-44,48-58,65-67H,19-29,31H2,1-18H3/t41-,43-,44-,48-,49-,50-,51-,52+,53+,54+,55?,56?,57+,58+,60+,61-,62-,63+,64+/m0/s1. The number of allylic oxidation sites excluding steroid dienone is 2. The number of nitrogens with one attached hydrogen (secondary N) is 3. The molecule has 24 heteroatoms. The van der Waals surface area contributed by atoms with Crippen molar-refractivity contribution in [1.29, 1.82) is 0 Å². The second-order valence-electron chi connectivity index (χ2n) is 29.1. The first-order valence-electron chi connectivity index (χ1n) is 31.5. The maximum atomic E-state index is 15.5. The van der Waals surface area contributed by atoms with Crippen LogP contribution in [0.2, 0.25) is 0 Å². The minimum absolute atomic E-state index is 0.0310. The zero-order valence-electron chi connectivity index (χ0n) is 55.0. The van der Waals surface area contributed by atoms with Gasteiger partial charge in [-0.2, -0.15) is 0 Å². The second kappa shape index (κ2) is 27.4. The van der Waals surface area contributed by atoms with Crippen molar-refractivity contribution in [3.05, 3.63) is 11.6 Å². The van der Waals surface area contributed by atoms with Gasteiger partial charge in [-0.15, -0.1) is 16.4 Å². The van der Waals surface area contributed by atoms with Crippen molar-refractivity contribution in [1.82, 2.24) is 16.4 Å². The lowest BCUT2D eigenvalue weighted by Crippen LogP contribution is -2.70. The largest absolute Gasteiger partial charge is 0.455 e. The van der Waals surface area contributed by atoms with Crippen molar-refractivity contribution >= 4 is 53.5 Å². The molecule has 0 amide bonds. The summed E-state index contributed by atoms with van der Waals surface area (Å²) in [6.07, 6.45) is -9.31. The number of esters is 5. The predicted molar refractivity (Wildman–Crippen MR) is 311 cm³/mol. The summed E-state index contributed by atoms with van der Waals surface area (Å²) >= 11 is 0. The zero-order chi connectivity index (χ0) is 65.4. The summed E-state index contributed by atoms with van der Waals surface area (Å²) in [4.78, 5) is 137. The first kappa shape index (κ1) is 70.3. The molecule has 4 saturated carbocycles. The molecule has 0 aromatic heterocycles. The van der Waals surface area contributed by atoms with Crippen LogP contribution in [0.25, 0.3) is 0 Å². The van der Waals surface area contributed by atoms with Crippen molar-refractivity contribution < 1.29 is 100 Å². The van der Waals surface area contributed by atoms with E-state index in [1.54, 1.807) is 13.8 Å². The molecule has 2 saturated heterocycles. The zero-order valence-corrected chi connectivity index (χ0v) is 55.0. The molecule has 0 aromatic carbocycles. The Morgan fingerprint density at radius 1 is 0.534 bits per heavy atom. The summed E-state index contributed by atoms with van der Waals surface area (Å²) in [5.74, 6) is -6.81. The molecule has 0 aromatic rings. The summed E-state index contributed by atoms with van der Waals surface area (Å²) in [5.41, 5.74) is 6.73. The van der Waals surface area contributed by atoms with Crippen molar-refractivity contribution in [2.24, 2.45) is 62.6 Å². The number of carbonyl (C=O) groups excluding carboxylic acids is 9. The molecule has 5 aliphatic carbocycles. The number of rotatable bonds is 21. The normalized spacial score (nSPS) is 38.4. The predicted octanol–water partition coefficient (Wildman–Crippen LogP) is 7.79. The Bertz CT molecular complexity index is 2660. The van der Waals surface area contributed by atoms with E-state index in [0.29, 0.717) is 38.5 Å². The molecule has 19 atom stereocenters. The van der Waals surface area contributed by atoms with Crippen LogP contribution < -0.4 is 16.4 Å². The van der Waals surface area contributed by atoms with Gasteiger partial charge in [-0.1, -0.05) is 88.7 Å². The molecule has 3 N–H and O–H groups in total. The Kier molecular flexibility index (Phi) is 21.9. The van der Waals surface area contributed by atoms with Gasteiger partial charge in [0.25, 0.3) is 0 Å². The molecule has 24 nitrogen and oxygen atoms in total. The first-order valence-corrected chi connectivity index (χ1v) is 31.5. The van der Waals surface area contributed by atoms with Crippen LogP contribution in [0.1, 0.15) is 202 Å². The fraction of sp³-hybridized carbons (Fsp3) is 0.828. The lowest BCUT2D eigenvalue weighted by Gasteiger charge is -2.70. The molecule has 7 rings (SSSR count). The first-order chi connectivity index (χ1) is 40.9. The van der Waals surface area contributed by atoms with Gasteiger partial charge >= 0.3 is 47.8 Å². The van der Waals surface area contributed by atoms with E-state index in [9.17, 15) is 38.4 Å². The minimum Gasteiger partial charge on any atom is -0.455 e. The molecule has 0 spiro atoms. The Morgan fingerprint density at radius 3 is 1.47 bits per heavy atom. The Balaban J connectivity index is 1.27. The van der Waals surface area contributed by atoms with Crippen LogP contribution in [0.5, 0.6) is 0 Å². The smallest absolute Gasteiger partial charge is 0.325 e. The third-order valence-corrected chi connectivity index (χ3v) is 20.3. The van der Waals surface area contributed by atoms with Crippen molar-refractivity contribution in [2.75, 3.05) is 0 Å².